The first-order chi connectivity index (χ1) is 13.5. The van der Waals surface area contributed by atoms with Crippen LogP contribution in [0.1, 0.15) is 36.0 Å². The van der Waals surface area contributed by atoms with Crippen LogP contribution in [0, 0.1) is 11.8 Å². The molecule has 0 radical (unpaired) electrons. The summed E-state index contributed by atoms with van der Waals surface area (Å²) in [6, 6.07) is 6.66. The summed E-state index contributed by atoms with van der Waals surface area (Å²) >= 11 is 7.19. The lowest BCUT2D eigenvalue weighted by atomic mass is 9.81. The summed E-state index contributed by atoms with van der Waals surface area (Å²) in [4.78, 5) is 39.7. The molecule has 0 aromatic heterocycles. The maximum Gasteiger partial charge on any atom is 0.251 e. The van der Waals surface area contributed by atoms with Crippen LogP contribution in [0.25, 0.3) is 0 Å². The molecule has 28 heavy (non-hydrogen) atoms. The Bertz CT molecular complexity index is 751. The SMILES string of the molecule is O=C(NC[C@@H]1CCCO1)c1ccc(N2C(=O)[C@@H]3C[C@H](Br)[C@@H](Br)C[C@H]3C2=O)cc1. The normalized spacial score (nSPS) is 32.5. The van der Waals surface area contributed by atoms with Gasteiger partial charge in [-0.25, -0.2) is 0 Å². The first-order valence-electron chi connectivity index (χ1n) is 9.61. The van der Waals surface area contributed by atoms with Gasteiger partial charge in [-0.3, -0.25) is 19.3 Å². The predicted molar refractivity (Wildman–Crippen MR) is 112 cm³/mol. The van der Waals surface area contributed by atoms with Crippen molar-refractivity contribution < 1.29 is 19.1 Å². The summed E-state index contributed by atoms with van der Waals surface area (Å²) in [5, 5.41) is 2.88. The number of halogens is 2. The second-order valence-corrected chi connectivity index (χ2v) is 9.97. The van der Waals surface area contributed by atoms with Crippen LogP contribution < -0.4 is 10.2 Å². The number of benzene rings is 1. The Morgan fingerprint density at radius 3 is 2.21 bits per heavy atom. The zero-order chi connectivity index (χ0) is 19.8. The number of carbonyl (C=O) groups is 3. The number of hydrogen-bond donors (Lipinski definition) is 1. The number of amides is 3. The summed E-state index contributed by atoms with van der Waals surface area (Å²) in [6.07, 6.45) is 3.37. The van der Waals surface area contributed by atoms with E-state index in [1.807, 2.05) is 0 Å². The third kappa shape index (κ3) is 3.78. The third-order valence-corrected chi connectivity index (χ3v) is 8.55. The smallest absolute Gasteiger partial charge is 0.251 e. The lowest BCUT2D eigenvalue weighted by Crippen LogP contribution is -2.34. The van der Waals surface area contributed by atoms with Gasteiger partial charge in [0.1, 0.15) is 0 Å². The van der Waals surface area contributed by atoms with Crippen LogP contribution in [-0.4, -0.2) is 46.6 Å². The molecule has 3 amide bonds. The third-order valence-electron chi connectivity index (χ3n) is 5.81. The Hall–Kier alpha value is -1.25. The molecule has 1 saturated carbocycles. The molecule has 5 atom stereocenters. The van der Waals surface area contributed by atoms with Crippen LogP contribution in [-0.2, 0) is 14.3 Å². The van der Waals surface area contributed by atoms with Crippen LogP contribution in [0.15, 0.2) is 24.3 Å². The molecule has 2 aliphatic heterocycles. The minimum atomic E-state index is -0.278. The van der Waals surface area contributed by atoms with Gasteiger partial charge in [-0.2, -0.15) is 0 Å². The lowest BCUT2D eigenvalue weighted by Gasteiger charge is -2.29. The van der Waals surface area contributed by atoms with Crippen LogP contribution in [0.4, 0.5) is 5.69 Å². The molecule has 1 aromatic rings. The number of alkyl halides is 2. The molecule has 1 aromatic carbocycles. The van der Waals surface area contributed by atoms with E-state index in [2.05, 4.69) is 37.2 Å². The molecule has 3 fully saturated rings. The number of hydrogen-bond acceptors (Lipinski definition) is 4. The standard InChI is InChI=1S/C20H22Br2N2O4/c21-16-8-14-15(9-17(16)22)20(27)24(19(14)26)12-5-3-11(4-6-12)18(25)23-10-13-2-1-7-28-13/h3-6,13-17H,1-2,7-10H2,(H,23,25)/t13-,14+,15+,16-,17-/m0/s1. The predicted octanol–water partition coefficient (Wildman–Crippen LogP) is 3.02. The average molecular weight is 514 g/mol. The quantitative estimate of drug-likeness (QED) is 0.496. The zero-order valence-electron chi connectivity index (χ0n) is 15.3. The van der Waals surface area contributed by atoms with Crippen molar-refractivity contribution in [2.75, 3.05) is 18.1 Å². The number of fused-ring (bicyclic) bond motifs is 1. The molecule has 0 spiro atoms. The highest BCUT2D eigenvalue weighted by molar-refractivity contribution is 9.12. The highest BCUT2D eigenvalue weighted by Crippen LogP contribution is 2.44. The fraction of sp³-hybridized carbons (Fsp3) is 0.550. The molecule has 6 nitrogen and oxygen atoms in total. The maximum atomic E-state index is 12.8. The molecule has 2 saturated heterocycles. The number of ether oxygens (including phenoxy) is 1. The van der Waals surface area contributed by atoms with Crippen LogP contribution in [0.5, 0.6) is 0 Å². The fourth-order valence-electron chi connectivity index (χ4n) is 4.23. The van der Waals surface area contributed by atoms with E-state index in [1.54, 1.807) is 24.3 Å². The van der Waals surface area contributed by atoms with Gasteiger partial charge in [0.05, 0.1) is 23.6 Å². The Morgan fingerprint density at radius 1 is 1.07 bits per heavy atom. The highest BCUT2D eigenvalue weighted by Gasteiger charge is 2.52. The lowest BCUT2D eigenvalue weighted by molar-refractivity contribution is -0.122. The van der Waals surface area contributed by atoms with Crippen molar-refractivity contribution in [3.05, 3.63) is 29.8 Å². The van der Waals surface area contributed by atoms with E-state index in [0.717, 1.165) is 19.4 Å². The number of imide groups is 1. The zero-order valence-corrected chi connectivity index (χ0v) is 18.4. The molecule has 4 rings (SSSR count). The molecular formula is C20H22Br2N2O4. The molecule has 8 heteroatoms. The number of nitrogens with zero attached hydrogens (tertiary/aromatic N) is 1. The van der Waals surface area contributed by atoms with E-state index in [4.69, 9.17) is 4.74 Å². The summed E-state index contributed by atoms with van der Waals surface area (Å²) in [7, 11) is 0. The van der Waals surface area contributed by atoms with E-state index in [-0.39, 0.29) is 45.3 Å². The molecule has 3 aliphatic rings. The van der Waals surface area contributed by atoms with Crippen molar-refractivity contribution in [1.29, 1.82) is 0 Å². The number of rotatable bonds is 4. The van der Waals surface area contributed by atoms with Gasteiger partial charge in [0.2, 0.25) is 11.8 Å². The van der Waals surface area contributed by atoms with E-state index < -0.39 is 0 Å². The first kappa shape index (κ1) is 20.0. The Balaban J connectivity index is 1.44. The summed E-state index contributed by atoms with van der Waals surface area (Å²) in [5.41, 5.74) is 1.02. The first-order valence-corrected chi connectivity index (χ1v) is 11.4. The van der Waals surface area contributed by atoms with Gasteiger partial charge in [0.25, 0.3) is 5.91 Å². The highest BCUT2D eigenvalue weighted by atomic mass is 79.9. The summed E-state index contributed by atoms with van der Waals surface area (Å²) < 4.78 is 5.51. The van der Waals surface area contributed by atoms with Gasteiger partial charge in [-0.15, -0.1) is 0 Å². The van der Waals surface area contributed by atoms with Crippen LogP contribution in [0.3, 0.4) is 0 Å². The Kier molecular flexibility index (Phi) is 5.90. The summed E-state index contributed by atoms with van der Waals surface area (Å²) in [6.45, 7) is 1.25. The fourth-order valence-corrected chi connectivity index (χ4v) is 5.46. The monoisotopic (exact) mass is 512 g/mol. The summed E-state index contributed by atoms with van der Waals surface area (Å²) in [5.74, 6) is -1.02. The van der Waals surface area contributed by atoms with Gasteiger partial charge < -0.3 is 10.1 Å². The van der Waals surface area contributed by atoms with Gasteiger partial charge in [0.15, 0.2) is 0 Å². The van der Waals surface area contributed by atoms with Crippen molar-refractivity contribution >= 4 is 55.3 Å². The molecular weight excluding hydrogens is 492 g/mol. The second kappa shape index (κ2) is 8.24. The Labute approximate surface area is 180 Å². The number of anilines is 1. The van der Waals surface area contributed by atoms with E-state index >= 15 is 0 Å². The van der Waals surface area contributed by atoms with Crippen molar-refractivity contribution in [2.45, 2.75) is 41.4 Å². The van der Waals surface area contributed by atoms with Crippen molar-refractivity contribution in [3.63, 3.8) is 0 Å². The molecule has 150 valence electrons. The van der Waals surface area contributed by atoms with Crippen LogP contribution >= 0.6 is 31.9 Å². The maximum absolute atomic E-state index is 12.8. The van der Waals surface area contributed by atoms with Crippen molar-refractivity contribution in [1.82, 2.24) is 5.32 Å². The van der Waals surface area contributed by atoms with E-state index in [0.29, 0.717) is 30.6 Å². The van der Waals surface area contributed by atoms with Gasteiger partial charge >= 0.3 is 0 Å². The van der Waals surface area contributed by atoms with E-state index in [1.165, 1.54) is 4.90 Å². The molecule has 2 heterocycles. The minimum Gasteiger partial charge on any atom is -0.376 e. The van der Waals surface area contributed by atoms with Crippen molar-refractivity contribution in [2.24, 2.45) is 11.8 Å². The molecule has 0 bridgehead atoms. The van der Waals surface area contributed by atoms with E-state index in [9.17, 15) is 14.4 Å². The minimum absolute atomic E-state index is 0.0860. The largest absolute Gasteiger partial charge is 0.376 e. The topological polar surface area (TPSA) is 75.7 Å². The molecule has 1 N–H and O–H groups in total. The van der Waals surface area contributed by atoms with Crippen molar-refractivity contribution in [3.8, 4) is 0 Å². The number of nitrogens with one attached hydrogen (secondary N) is 1. The molecule has 1 aliphatic carbocycles. The van der Waals surface area contributed by atoms with Gasteiger partial charge in [0, 0.05) is 28.4 Å². The van der Waals surface area contributed by atoms with Crippen LogP contribution in [0.2, 0.25) is 0 Å². The Morgan fingerprint density at radius 2 is 1.68 bits per heavy atom. The van der Waals surface area contributed by atoms with Gasteiger partial charge in [-0.1, -0.05) is 31.9 Å². The average Bonchev–Trinajstić information content (AvgIpc) is 3.29. The second-order valence-electron chi connectivity index (χ2n) is 7.62. The number of carbonyl (C=O) groups excluding carboxylic acids is 3. The van der Waals surface area contributed by atoms with Gasteiger partial charge in [-0.05, 0) is 49.9 Å². The molecule has 0 unspecified atom stereocenters.